The zero-order valence-electron chi connectivity index (χ0n) is 31.8. The molecule has 0 saturated carbocycles. The number of rotatable bonds is 41. The zero-order valence-corrected chi connectivity index (χ0v) is 31.8. The van der Waals surface area contributed by atoms with E-state index in [1.807, 2.05) is 0 Å². The van der Waals surface area contributed by atoms with Crippen molar-refractivity contribution in [3.05, 3.63) is 0 Å². The third-order valence-electron chi connectivity index (χ3n) is 10.0. The fourth-order valence-electron chi connectivity index (χ4n) is 6.88. The van der Waals surface area contributed by atoms with Crippen LogP contribution in [0.5, 0.6) is 0 Å². The molecular formula is C42H89N3. The van der Waals surface area contributed by atoms with Crippen LogP contribution in [-0.4, -0.2) is 44.2 Å². The monoisotopic (exact) mass is 636 g/mol. The van der Waals surface area contributed by atoms with E-state index in [-0.39, 0.29) is 0 Å². The molecule has 0 aliphatic heterocycles. The second-order valence-corrected chi connectivity index (χ2v) is 14.7. The van der Waals surface area contributed by atoms with Crippen molar-refractivity contribution in [2.24, 2.45) is 5.73 Å². The van der Waals surface area contributed by atoms with Crippen LogP contribution in [0.15, 0.2) is 0 Å². The summed E-state index contributed by atoms with van der Waals surface area (Å²) in [5.74, 6) is 0. The molecule has 0 fully saturated rings. The topological polar surface area (TPSA) is 41.3 Å². The third kappa shape index (κ3) is 40.0. The maximum atomic E-state index is 5.83. The van der Waals surface area contributed by atoms with Gasteiger partial charge in [-0.3, -0.25) is 0 Å². The number of unbranched alkanes of at least 4 members (excludes halogenated alkanes) is 30. The molecule has 0 saturated heterocycles. The maximum absolute atomic E-state index is 5.83. The molecule has 272 valence electrons. The summed E-state index contributed by atoms with van der Waals surface area (Å²) in [7, 11) is 0. The minimum atomic E-state index is 0.826. The fraction of sp³-hybridized carbons (Fsp3) is 1.00. The van der Waals surface area contributed by atoms with Gasteiger partial charge in [-0.25, -0.2) is 0 Å². The lowest BCUT2D eigenvalue weighted by atomic mass is 10.0. The molecule has 0 aromatic heterocycles. The molecule has 0 aromatic rings. The Balaban J connectivity index is 3.42. The summed E-state index contributed by atoms with van der Waals surface area (Å²) in [6, 6.07) is 0. The lowest BCUT2D eigenvalue weighted by Gasteiger charge is -2.22. The van der Waals surface area contributed by atoms with Crippen LogP contribution in [0, 0.1) is 0 Å². The van der Waals surface area contributed by atoms with E-state index in [4.69, 9.17) is 5.73 Å². The van der Waals surface area contributed by atoms with Crippen LogP contribution in [0.25, 0.3) is 0 Å². The Hall–Kier alpha value is -0.120. The van der Waals surface area contributed by atoms with E-state index in [2.05, 4.69) is 24.1 Å². The molecule has 0 aliphatic rings. The second-order valence-electron chi connectivity index (χ2n) is 14.7. The summed E-state index contributed by atoms with van der Waals surface area (Å²) in [6.45, 7) is 11.5. The molecule has 45 heavy (non-hydrogen) atoms. The minimum Gasteiger partial charge on any atom is -0.330 e. The number of nitrogens with two attached hydrogens (primary N) is 1. The first-order valence-corrected chi connectivity index (χ1v) is 21.5. The summed E-state index contributed by atoms with van der Waals surface area (Å²) in [5.41, 5.74) is 5.83. The summed E-state index contributed by atoms with van der Waals surface area (Å²) >= 11 is 0. The molecule has 0 radical (unpaired) electrons. The summed E-state index contributed by atoms with van der Waals surface area (Å²) in [5, 5.41) is 3.72. The molecule has 0 aliphatic carbocycles. The SMILES string of the molecule is CCCCCCCCCCCCCCCCCCNCCCN(CCCN)CCCCCCCCCCCCCCCCCC. The Bertz CT molecular complexity index is 496. The van der Waals surface area contributed by atoms with Gasteiger partial charge in [0.2, 0.25) is 0 Å². The number of hydrogen-bond donors (Lipinski definition) is 2. The highest BCUT2D eigenvalue weighted by Gasteiger charge is 2.04. The number of hydrogen-bond acceptors (Lipinski definition) is 3. The Kier molecular flexibility index (Phi) is 41.8. The van der Waals surface area contributed by atoms with Gasteiger partial charge in [-0.05, 0) is 65.0 Å². The minimum absolute atomic E-state index is 0.826. The predicted molar refractivity (Wildman–Crippen MR) is 207 cm³/mol. The van der Waals surface area contributed by atoms with Crippen LogP contribution >= 0.6 is 0 Å². The van der Waals surface area contributed by atoms with Crippen molar-refractivity contribution >= 4 is 0 Å². The Morgan fingerprint density at radius 3 is 0.933 bits per heavy atom. The third-order valence-corrected chi connectivity index (χ3v) is 10.0. The Labute approximate surface area is 286 Å². The molecule has 3 heteroatoms. The average Bonchev–Trinajstić information content (AvgIpc) is 3.05. The Morgan fingerprint density at radius 2 is 0.578 bits per heavy atom. The first kappa shape index (κ1) is 44.9. The maximum Gasteiger partial charge on any atom is -0.000663 e. The van der Waals surface area contributed by atoms with Crippen molar-refractivity contribution < 1.29 is 0 Å². The van der Waals surface area contributed by atoms with E-state index in [0.717, 1.165) is 13.0 Å². The number of nitrogens with zero attached hydrogens (tertiary/aromatic N) is 1. The zero-order chi connectivity index (χ0) is 32.6. The van der Waals surface area contributed by atoms with E-state index < -0.39 is 0 Å². The van der Waals surface area contributed by atoms with Crippen LogP contribution in [0.4, 0.5) is 0 Å². The van der Waals surface area contributed by atoms with Crippen LogP contribution in [0.3, 0.4) is 0 Å². The van der Waals surface area contributed by atoms with Gasteiger partial charge in [0.15, 0.2) is 0 Å². The molecule has 0 bridgehead atoms. The highest BCUT2D eigenvalue weighted by atomic mass is 15.1. The molecular weight excluding hydrogens is 546 g/mol. The van der Waals surface area contributed by atoms with Crippen LogP contribution in [0.2, 0.25) is 0 Å². The molecule has 0 spiro atoms. The molecule has 0 aromatic carbocycles. The summed E-state index contributed by atoms with van der Waals surface area (Å²) in [6.07, 6.45) is 48.7. The van der Waals surface area contributed by atoms with Crippen molar-refractivity contribution in [2.75, 3.05) is 39.3 Å². The van der Waals surface area contributed by atoms with Gasteiger partial charge in [0.05, 0.1) is 0 Å². The van der Waals surface area contributed by atoms with Crippen molar-refractivity contribution in [1.29, 1.82) is 0 Å². The lowest BCUT2D eigenvalue weighted by Crippen LogP contribution is -2.30. The molecule has 0 unspecified atom stereocenters. The highest BCUT2D eigenvalue weighted by molar-refractivity contribution is 4.61. The van der Waals surface area contributed by atoms with E-state index in [1.54, 1.807) is 0 Å². The lowest BCUT2D eigenvalue weighted by molar-refractivity contribution is 0.260. The molecule has 0 heterocycles. The molecule has 0 amide bonds. The Morgan fingerprint density at radius 1 is 0.311 bits per heavy atom. The van der Waals surface area contributed by atoms with Gasteiger partial charge in [0.1, 0.15) is 0 Å². The van der Waals surface area contributed by atoms with Crippen molar-refractivity contribution in [3.63, 3.8) is 0 Å². The summed E-state index contributed by atoms with van der Waals surface area (Å²) < 4.78 is 0. The highest BCUT2D eigenvalue weighted by Crippen LogP contribution is 2.15. The molecule has 3 N–H and O–H groups in total. The van der Waals surface area contributed by atoms with Crippen LogP contribution < -0.4 is 11.1 Å². The molecule has 0 rings (SSSR count). The quantitative estimate of drug-likeness (QED) is 0.0657. The van der Waals surface area contributed by atoms with E-state index in [1.165, 1.54) is 245 Å². The number of nitrogens with one attached hydrogen (secondary N) is 1. The van der Waals surface area contributed by atoms with E-state index in [0.29, 0.717) is 0 Å². The van der Waals surface area contributed by atoms with Crippen molar-refractivity contribution in [3.8, 4) is 0 Å². The van der Waals surface area contributed by atoms with Crippen LogP contribution in [-0.2, 0) is 0 Å². The fourth-order valence-corrected chi connectivity index (χ4v) is 6.88. The van der Waals surface area contributed by atoms with Crippen LogP contribution in [0.1, 0.15) is 232 Å². The largest absolute Gasteiger partial charge is 0.330 e. The molecule has 0 atom stereocenters. The van der Waals surface area contributed by atoms with Gasteiger partial charge in [0.25, 0.3) is 0 Å². The smallest absolute Gasteiger partial charge is 0.000663 e. The average molecular weight is 636 g/mol. The first-order valence-electron chi connectivity index (χ1n) is 21.5. The van der Waals surface area contributed by atoms with Gasteiger partial charge < -0.3 is 16.0 Å². The van der Waals surface area contributed by atoms with Gasteiger partial charge >= 0.3 is 0 Å². The van der Waals surface area contributed by atoms with E-state index >= 15 is 0 Å². The predicted octanol–water partition coefficient (Wildman–Crippen LogP) is 13.1. The molecule has 3 nitrogen and oxygen atoms in total. The summed E-state index contributed by atoms with van der Waals surface area (Å²) in [4.78, 5) is 2.69. The van der Waals surface area contributed by atoms with Gasteiger partial charge in [-0.2, -0.15) is 0 Å². The van der Waals surface area contributed by atoms with Crippen molar-refractivity contribution in [2.45, 2.75) is 232 Å². The van der Waals surface area contributed by atoms with Crippen molar-refractivity contribution in [1.82, 2.24) is 10.2 Å². The first-order chi connectivity index (χ1) is 22.3. The normalized spacial score (nSPS) is 11.7. The standard InChI is InChI=1S/C42H89N3/c1-3-5-7-9-11-13-15-17-19-21-23-25-27-29-31-33-38-44-39-36-42-45(41-35-37-43)40-34-32-30-28-26-24-22-20-18-16-14-12-10-8-6-4-2/h44H,3-43H2,1-2H3. The second kappa shape index (κ2) is 41.9. The van der Waals surface area contributed by atoms with Gasteiger partial charge in [0, 0.05) is 0 Å². The van der Waals surface area contributed by atoms with Gasteiger partial charge in [-0.15, -0.1) is 0 Å². The van der Waals surface area contributed by atoms with E-state index in [9.17, 15) is 0 Å². The van der Waals surface area contributed by atoms with Gasteiger partial charge in [-0.1, -0.05) is 206 Å².